The van der Waals surface area contributed by atoms with E-state index in [9.17, 15) is 14.4 Å². The molecule has 0 atom stereocenters. The van der Waals surface area contributed by atoms with Crippen LogP contribution < -0.4 is 10.6 Å². The van der Waals surface area contributed by atoms with Gasteiger partial charge in [-0.2, -0.15) is 0 Å². The Hall–Kier alpha value is -1.89. The molecule has 0 unspecified atom stereocenters. The van der Waals surface area contributed by atoms with Gasteiger partial charge in [-0.25, -0.2) is 4.79 Å². The summed E-state index contributed by atoms with van der Waals surface area (Å²) in [6, 6.07) is 0. The maximum atomic E-state index is 12.1. The molecular formula is C14H20N2O4S. The summed E-state index contributed by atoms with van der Waals surface area (Å²) in [6.45, 7) is 5.64. The number of carbonyl (C=O) groups excluding carboxylic acids is 3. The van der Waals surface area contributed by atoms with E-state index in [1.165, 1.54) is 18.4 Å². The predicted octanol–water partition coefficient (Wildman–Crippen LogP) is 2.99. The van der Waals surface area contributed by atoms with Crippen LogP contribution in [0.25, 0.3) is 0 Å². The molecule has 116 valence electrons. The van der Waals surface area contributed by atoms with Gasteiger partial charge in [0.05, 0.1) is 12.7 Å². The van der Waals surface area contributed by atoms with Gasteiger partial charge in [0.1, 0.15) is 5.00 Å². The van der Waals surface area contributed by atoms with Gasteiger partial charge in [-0.05, 0) is 25.8 Å². The molecule has 0 radical (unpaired) electrons. The largest absolute Gasteiger partial charge is 0.453 e. The highest BCUT2D eigenvalue weighted by atomic mass is 32.1. The predicted molar refractivity (Wildman–Crippen MR) is 81.8 cm³/mol. The van der Waals surface area contributed by atoms with Gasteiger partial charge in [-0.1, -0.05) is 13.3 Å². The number of anilines is 1. The molecule has 0 aromatic carbocycles. The van der Waals surface area contributed by atoms with E-state index in [1.54, 1.807) is 6.92 Å². The van der Waals surface area contributed by atoms with Gasteiger partial charge in [-0.3, -0.25) is 14.9 Å². The number of imide groups is 1. The van der Waals surface area contributed by atoms with Crippen LogP contribution in [0, 0.1) is 13.8 Å². The molecule has 7 heteroatoms. The number of unbranched alkanes of at least 4 members (excludes halogenated alkanes) is 1. The average molecular weight is 312 g/mol. The molecule has 0 aliphatic carbocycles. The van der Waals surface area contributed by atoms with E-state index in [0.717, 1.165) is 23.3 Å². The van der Waals surface area contributed by atoms with Gasteiger partial charge in [0.25, 0.3) is 5.91 Å². The normalized spacial score (nSPS) is 10.1. The quantitative estimate of drug-likeness (QED) is 0.875. The van der Waals surface area contributed by atoms with Crippen LogP contribution in [0.15, 0.2) is 0 Å². The maximum Gasteiger partial charge on any atom is 0.413 e. The highest BCUT2D eigenvalue weighted by molar-refractivity contribution is 7.16. The standard InChI is InChI=1S/C14H20N2O4S/c1-5-6-7-10(17)15-13-11(8(2)9(3)21-13)12(18)16-14(19)20-4/h5-7H2,1-4H3,(H,15,17)(H,16,18,19). The summed E-state index contributed by atoms with van der Waals surface area (Å²) in [6.07, 6.45) is 1.29. The lowest BCUT2D eigenvalue weighted by molar-refractivity contribution is -0.116. The summed E-state index contributed by atoms with van der Waals surface area (Å²) < 4.78 is 4.41. The summed E-state index contributed by atoms with van der Waals surface area (Å²) in [5.41, 5.74) is 1.06. The van der Waals surface area contributed by atoms with Crippen LogP contribution in [0.3, 0.4) is 0 Å². The number of nitrogens with one attached hydrogen (secondary N) is 2. The highest BCUT2D eigenvalue weighted by Gasteiger charge is 2.22. The van der Waals surface area contributed by atoms with Gasteiger partial charge < -0.3 is 10.1 Å². The lowest BCUT2D eigenvalue weighted by Gasteiger charge is -2.07. The number of amides is 3. The van der Waals surface area contributed by atoms with Crippen molar-refractivity contribution in [2.45, 2.75) is 40.0 Å². The molecule has 1 heterocycles. The fourth-order valence-corrected chi connectivity index (χ4v) is 2.80. The highest BCUT2D eigenvalue weighted by Crippen LogP contribution is 2.32. The summed E-state index contributed by atoms with van der Waals surface area (Å²) in [5.74, 6) is -0.709. The van der Waals surface area contributed by atoms with Crippen LogP contribution in [-0.2, 0) is 9.53 Å². The Kier molecular flexibility index (Phi) is 6.36. The molecule has 1 aromatic heterocycles. The van der Waals surface area contributed by atoms with E-state index in [0.29, 0.717) is 17.0 Å². The molecule has 21 heavy (non-hydrogen) atoms. The summed E-state index contributed by atoms with van der Waals surface area (Å²) in [4.78, 5) is 36.0. The van der Waals surface area contributed by atoms with Crippen LogP contribution in [-0.4, -0.2) is 25.0 Å². The van der Waals surface area contributed by atoms with Crippen LogP contribution in [0.5, 0.6) is 0 Å². The van der Waals surface area contributed by atoms with E-state index in [2.05, 4.69) is 15.4 Å². The molecule has 0 saturated heterocycles. The molecule has 6 nitrogen and oxygen atoms in total. The number of aryl methyl sites for hydroxylation is 1. The molecule has 0 fully saturated rings. The van der Waals surface area contributed by atoms with Crippen LogP contribution in [0.4, 0.5) is 9.80 Å². The maximum absolute atomic E-state index is 12.1. The second kappa shape index (κ2) is 7.78. The van der Waals surface area contributed by atoms with E-state index >= 15 is 0 Å². The first-order valence-electron chi connectivity index (χ1n) is 6.69. The molecule has 1 aromatic rings. The Balaban J connectivity index is 2.95. The molecule has 1 rings (SSSR count). The van der Waals surface area contributed by atoms with Crippen LogP contribution in [0.2, 0.25) is 0 Å². The minimum absolute atomic E-state index is 0.134. The Morgan fingerprint density at radius 1 is 1.24 bits per heavy atom. The zero-order valence-electron chi connectivity index (χ0n) is 12.7. The number of hydrogen-bond donors (Lipinski definition) is 2. The first-order chi connectivity index (χ1) is 9.90. The number of methoxy groups -OCH3 is 1. The Bertz CT molecular complexity index is 551. The molecule has 0 saturated carbocycles. The first-order valence-corrected chi connectivity index (χ1v) is 7.51. The smallest absolute Gasteiger partial charge is 0.413 e. The summed E-state index contributed by atoms with van der Waals surface area (Å²) in [5, 5.41) is 5.32. The molecule has 0 aliphatic heterocycles. The zero-order chi connectivity index (χ0) is 16.0. The van der Waals surface area contributed by atoms with Crippen molar-refractivity contribution in [2.24, 2.45) is 0 Å². The Labute approximate surface area is 127 Å². The first kappa shape index (κ1) is 17.2. The number of ether oxygens (including phenoxy) is 1. The van der Waals surface area contributed by atoms with E-state index in [4.69, 9.17) is 0 Å². The summed E-state index contributed by atoms with van der Waals surface area (Å²) >= 11 is 1.32. The van der Waals surface area contributed by atoms with Gasteiger partial charge >= 0.3 is 6.09 Å². The van der Waals surface area contributed by atoms with Crippen molar-refractivity contribution in [1.29, 1.82) is 0 Å². The second-order valence-electron chi connectivity index (χ2n) is 4.58. The van der Waals surface area contributed by atoms with Crippen molar-refractivity contribution >= 4 is 34.2 Å². The molecule has 0 aliphatic rings. The fourth-order valence-electron chi connectivity index (χ4n) is 1.72. The molecule has 2 N–H and O–H groups in total. The average Bonchev–Trinajstić information content (AvgIpc) is 2.71. The monoisotopic (exact) mass is 312 g/mol. The van der Waals surface area contributed by atoms with Gasteiger partial charge in [-0.15, -0.1) is 11.3 Å². The number of thiophene rings is 1. The van der Waals surface area contributed by atoms with Crippen LogP contribution >= 0.6 is 11.3 Å². The molecule has 0 bridgehead atoms. The van der Waals surface area contributed by atoms with Gasteiger partial charge in [0.15, 0.2) is 0 Å². The number of hydrogen-bond acceptors (Lipinski definition) is 5. The molecule has 3 amide bonds. The second-order valence-corrected chi connectivity index (χ2v) is 5.81. The zero-order valence-corrected chi connectivity index (χ0v) is 13.5. The Morgan fingerprint density at radius 2 is 1.90 bits per heavy atom. The Morgan fingerprint density at radius 3 is 2.48 bits per heavy atom. The minimum Gasteiger partial charge on any atom is -0.453 e. The SMILES string of the molecule is CCCCC(=O)Nc1sc(C)c(C)c1C(=O)NC(=O)OC. The third-order valence-electron chi connectivity index (χ3n) is 3.02. The third-order valence-corrected chi connectivity index (χ3v) is 4.15. The number of rotatable bonds is 5. The minimum atomic E-state index is -0.827. The van der Waals surface area contributed by atoms with Gasteiger partial charge in [0, 0.05) is 11.3 Å². The molecular weight excluding hydrogens is 292 g/mol. The van der Waals surface area contributed by atoms with Crippen molar-refractivity contribution < 1.29 is 19.1 Å². The number of carbonyl (C=O) groups is 3. The fraction of sp³-hybridized carbons (Fsp3) is 0.500. The lowest BCUT2D eigenvalue weighted by Crippen LogP contribution is -2.31. The van der Waals surface area contributed by atoms with Crippen molar-refractivity contribution in [3.05, 3.63) is 16.0 Å². The van der Waals surface area contributed by atoms with E-state index < -0.39 is 12.0 Å². The van der Waals surface area contributed by atoms with Crippen molar-refractivity contribution in [1.82, 2.24) is 5.32 Å². The topological polar surface area (TPSA) is 84.5 Å². The van der Waals surface area contributed by atoms with Crippen LogP contribution in [0.1, 0.15) is 47.0 Å². The summed E-state index contributed by atoms with van der Waals surface area (Å²) in [7, 11) is 1.18. The van der Waals surface area contributed by atoms with Crippen molar-refractivity contribution in [3.8, 4) is 0 Å². The number of alkyl carbamates (subject to hydrolysis) is 1. The molecule has 0 spiro atoms. The van der Waals surface area contributed by atoms with E-state index in [-0.39, 0.29) is 5.91 Å². The van der Waals surface area contributed by atoms with E-state index in [1.807, 2.05) is 13.8 Å². The lowest BCUT2D eigenvalue weighted by atomic mass is 10.1. The third kappa shape index (κ3) is 4.56. The van der Waals surface area contributed by atoms with Gasteiger partial charge in [0.2, 0.25) is 5.91 Å². The van der Waals surface area contributed by atoms with Crippen molar-refractivity contribution in [3.63, 3.8) is 0 Å². The van der Waals surface area contributed by atoms with Crippen molar-refractivity contribution in [2.75, 3.05) is 12.4 Å².